The van der Waals surface area contributed by atoms with E-state index in [1.54, 1.807) is 6.20 Å². The minimum absolute atomic E-state index is 0.0212. The van der Waals surface area contributed by atoms with E-state index in [2.05, 4.69) is 31.1 Å². The van der Waals surface area contributed by atoms with Crippen LogP contribution in [0.5, 0.6) is 5.75 Å². The largest absolute Gasteiger partial charge is 0.483 e. The summed E-state index contributed by atoms with van der Waals surface area (Å²) in [6.07, 6.45) is 1.65. The third kappa shape index (κ3) is 3.81. The number of nitrogens with one attached hydrogen (secondary N) is 1. The Morgan fingerprint density at radius 3 is 2.75 bits per heavy atom. The lowest BCUT2D eigenvalue weighted by atomic mass is 9.86. The molecule has 0 bridgehead atoms. The third-order valence-corrected chi connectivity index (χ3v) is 3.42. The van der Waals surface area contributed by atoms with Crippen molar-refractivity contribution < 1.29 is 9.53 Å². The second-order valence-electron chi connectivity index (χ2n) is 5.42. The highest BCUT2D eigenvalue weighted by molar-refractivity contribution is 7.13. The van der Waals surface area contributed by atoms with Crippen LogP contribution in [0.15, 0.2) is 35.8 Å². The Bertz CT molecular complexity index is 574. The van der Waals surface area contributed by atoms with Crippen molar-refractivity contribution in [1.29, 1.82) is 0 Å². The number of nitrogens with zero attached hydrogens (tertiary/aromatic N) is 1. The summed E-state index contributed by atoms with van der Waals surface area (Å²) in [5, 5.41) is 5.09. The van der Waals surface area contributed by atoms with Gasteiger partial charge in [0.15, 0.2) is 11.7 Å². The molecule has 0 aliphatic carbocycles. The van der Waals surface area contributed by atoms with Crippen LogP contribution in [0.2, 0.25) is 0 Å². The molecule has 0 atom stereocenters. The van der Waals surface area contributed by atoms with Crippen molar-refractivity contribution in [3.8, 4) is 5.75 Å². The maximum Gasteiger partial charge on any atom is 0.264 e. The van der Waals surface area contributed by atoms with Crippen molar-refractivity contribution in [2.45, 2.75) is 26.2 Å². The molecule has 1 aromatic carbocycles. The lowest BCUT2D eigenvalue weighted by molar-refractivity contribution is -0.118. The minimum Gasteiger partial charge on any atom is -0.483 e. The lowest BCUT2D eigenvalue weighted by Gasteiger charge is -2.22. The van der Waals surface area contributed by atoms with E-state index in [-0.39, 0.29) is 17.9 Å². The van der Waals surface area contributed by atoms with E-state index < -0.39 is 0 Å². The zero-order valence-electron chi connectivity index (χ0n) is 11.8. The summed E-state index contributed by atoms with van der Waals surface area (Å²) in [7, 11) is 0. The fourth-order valence-electron chi connectivity index (χ4n) is 1.80. The van der Waals surface area contributed by atoms with Crippen molar-refractivity contribution in [3.05, 3.63) is 41.4 Å². The first-order valence-corrected chi connectivity index (χ1v) is 7.26. The smallest absolute Gasteiger partial charge is 0.264 e. The molecular formula is C15H18N2O2S. The van der Waals surface area contributed by atoms with Crippen molar-refractivity contribution in [1.82, 2.24) is 4.98 Å². The first-order chi connectivity index (χ1) is 9.47. The number of hydrogen-bond donors (Lipinski definition) is 1. The second kappa shape index (κ2) is 6.05. The number of aromatic nitrogens is 1. The number of thiazole rings is 1. The molecule has 1 N–H and O–H groups in total. The first-order valence-electron chi connectivity index (χ1n) is 6.38. The highest BCUT2D eigenvalue weighted by Crippen LogP contribution is 2.30. The van der Waals surface area contributed by atoms with Gasteiger partial charge in [-0.1, -0.05) is 39.0 Å². The molecule has 0 spiro atoms. The van der Waals surface area contributed by atoms with Gasteiger partial charge in [0, 0.05) is 11.6 Å². The van der Waals surface area contributed by atoms with E-state index >= 15 is 0 Å². The Morgan fingerprint density at radius 2 is 2.10 bits per heavy atom. The van der Waals surface area contributed by atoms with Gasteiger partial charge in [0.25, 0.3) is 5.91 Å². The van der Waals surface area contributed by atoms with Crippen LogP contribution in [0.3, 0.4) is 0 Å². The molecule has 2 aromatic rings. The number of rotatable bonds is 4. The van der Waals surface area contributed by atoms with Crippen molar-refractivity contribution >= 4 is 22.4 Å². The summed E-state index contributed by atoms with van der Waals surface area (Å²) >= 11 is 1.38. The average molecular weight is 290 g/mol. The van der Waals surface area contributed by atoms with E-state index in [9.17, 15) is 4.79 Å². The molecular weight excluding hydrogens is 272 g/mol. The van der Waals surface area contributed by atoms with E-state index in [1.807, 2.05) is 29.6 Å². The zero-order valence-corrected chi connectivity index (χ0v) is 12.7. The number of carbonyl (C=O) groups excluding carboxylic acids is 1. The van der Waals surface area contributed by atoms with Gasteiger partial charge in [-0.05, 0) is 17.0 Å². The molecule has 20 heavy (non-hydrogen) atoms. The van der Waals surface area contributed by atoms with Crippen molar-refractivity contribution in [2.24, 2.45) is 0 Å². The molecule has 0 radical (unpaired) electrons. The Hall–Kier alpha value is -1.88. The summed E-state index contributed by atoms with van der Waals surface area (Å²) in [5.74, 6) is 0.540. The van der Waals surface area contributed by atoms with Crippen LogP contribution in [-0.4, -0.2) is 17.5 Å². The quantitative estimate of drug-likeness (QED) is 0.938. The molecule has 1 aromatic heterocycles. The van der Waals surface area contributed by atoms with Gasteiger partial charge in [-0.15, -0.1) is 11.3 Å². The van der Waals surface area contributed by atoms with Crippen LogP contribution in [0.4, 0.5) is 5.13 Å². The molecule has 4 nitrogen and oxygen atoms in total. The van der Waals surface area contributed by atoms with Crippen LogP contribution >= 0.6 is 11.3 Å². The van der Waals surface area contributed by atoms with Gasteiger partial charge in [0.05, 0.1) is 0 Å². The maximum atomic E-state index is 11.8. The summed E-state index contributed by atoms with van der Waals surface area (Å²) < 4.78 is 5.64. The molecule has 1 amide bonds. The van der Waals surface area contributed by atoms with Gasteiger partial charge >= 0.3 is 0 Å². The Kier molecular flexibility index (Phi) is 4.39. The fourth-order valence-corrected chi connectivity index (χ4v) is 2.34. The van der Waals surface area contributed by atoms with E-state index in [1.165, 1.54) is 11.3 Å². The summed E-state index contributed by atoms with van der Waals surface area (Å²) in [5.41, 5.74) is 1.06. The number of hydrogen-bond acceptors (Lipinski definition) is 4. The van der Waals surface area contributed by atoms with Gasteiger partial charge in [0.2, 0.25) is 0 Å². The Morgan fingerprint density at radius 1 is 1.35 bits per heavy atom. The van der Waals surface area contributed by atoms with Crippen LogP contribution in [0.1, 0.15) is 26.3 Å². The van der Waals surface area contributed by atoms with Crippen LogP contribution in [-0.2, 0) is 10.2 Å². The standard InChI is InChI=1S/C15H18N2O2S/c1-15(2,3)11-6-4-5-7-12(11)19-10-13(18)17-14-16-8-9-20-14/h4-9H,10H2,1-3H3,(H,16,17,18). The molecule has 0 saturated heterocycles. The third-order valence-electron chi connectivity index (χ3n) is 2.73. The van der Waals surface area contributed by atoms with Gasteiger partial charge in [-0.25, -0.2) is 4.98 Å². The number of anilines is 1. The molecule has 5 heteroatoms. The molecule has 0 unspecified atom stereocenters. The van der Waals surface area contributed by atoms with Gasteiger partial charge in [0.1, 0.15) is 5.75 Å². The van der Waals surface area contributed by atoms with Crippen LogP contribution < -0.4 is 10.1 Å². The molecule has 2 rings (SSSR count). The first kappa shape index (κ1) is 14.5. The van der Waals surface area contributed by atoms with Crippen LogP contribution in [0.25, 0.3) is 0 Å². The number of benzene rings is 1. The maximum absolute atomic E-state index is 11.8. The minimum atomic E-state index is -0.205. The Labute approximate surface area is 122 Å². The van der Waals surface area contributed by atoms with Gasteiger partial charge < -0.3 is 4.74 Å². The molecule has 0 aliphatic heterocycles. The van der Waals surface area contributed by atoms with Crippen molar-refractivity contribution in [3.63, 3.8) is 0 Å². The SMILES string of the molecule is CC(C)(C)c1ccccc1OCC(=O)Nc1nccs1. The number of para-hydroxylation sites is 1. The van der Waals surface area contributed by atoms with Crippen LogP contribution in [0, 0.1) is 0 Å². The van der Waals surface area contributed by atoms with E-state index in [0.717, 1.165) is 11.3 Å². The van der Waals surface area contributed by atoms with E-state index in [4.69, 9.17) is 4.74 Å². The highest BCUT2D eigenvalue weighted by Gasteiger charge is 2.18. The molecule has 106 valence electrons. The predicted molar refractivity (Wildman–Crippen MR) is 81.4 cm³/mol. The number of carbonyl (C=O) groups is 1. The van der Waals surface area contributed by atoms with Gasteiger partial charge in [-0.2, -0.15) is 0 Å². The predicted octanol–water partition coefficient (Wildman–Crippen LogP) is 3.46. The summed E-state index contributed by atoms with van der Waals surface area (Å²) in [4.78, 5) is 15.8. The number of amides is 1. The summed E-state index contributed by atoms with van der Waals surface area (Å²) in [6.45, 7) is 6.33. The normalized spacial score (nSPS) is 11.2. The Balaban J connectivity index is 1.99. The topological polar surface area (TPSA) is 51.2 Å². The van der Waals surface area contributed by atoms with Gasteiger partial charge in [-0.3, -0.25) is 10.1 Å². The fraction of sp³-hybridized carbons (Fsp3) is 0.333. The molecule has 0 fully saturated rings. The average Bonchev–Trinajstić information content (AvgIpc) is 2.88. The molecule has 0 saturated carbocycles. The lowest BCUT2D eigenvalue weighted by Crippen LogP contribution is -2.21. The molecule has 1 heterocycles. The van der Waals surface area contributed by atoms with Crippen molar-refractivity contribution in [2.75, 3.05) is 11.9 Å². The second-order valence-corrected chi connectivity index (χ2v) is 6.31. The molecule has 0 aliphatic rings. The number of ether oxygens (including phenoxy) is 1. The highest BCUT2D eigenvalue weighted by atomic mass is 32.1. The monoisotopic (exact) mass is 290 g/mol. The van der Waals surface area contributed by atoms with E-state index in [0.29, 0.717) is 5.13 Å². The zero-order chi connectivity index (χ0) is 14.6. The summed E-state index contributed by atoms with van der Waals surface area (Å²) in [6, 6.07) is 7.79.